The van der Waals surface area contributed by atoms with Crippen LogP contribution in [0, 0.1) is 17.8 Å². The number of halogens is 4. The second-order valence-electron chi connectivity index (χ2n) is 4.63. The van der Waals surface area contributed by atoms with Crippen LogP contribution in [-0.2, 0) is 0 Å². The highest BCUT2D eigenvalue weighted by atomic mass is 32.2. The normalized spacial score (nSPS) is 36.2. The molecule has 0 spiro atoms. The van der Waals surface area contributed by atoms with Crippen LogP contribution >= 0.6 is 11.8 Å². The SMILES string of the molecule is CSC(F)(F)C(F)(F)C1CC2CCC1C2. The van der Waals surface area contributed by atoms with Crippen molar-refractivity contribution in [3.05, 3.63) is 0 Å². The molecule has 2 fully saturated rings. The van der Waals surface area contributed by atoms with Crippen molar-refractivity contribution in [2.75, 3.05) is 6.26 Å². The van der Waals surface area contributed by atoms with Crippen molar-refractivity contribution in [3.8, 4) is 0 Å². The number of rotatable bonds is 3. The monoisotopic (exact) mass is 242 g/mol. The van der Waals surface area contributed by atoms with E-state index in [1.165, 1.54) is 0 Å². The number of hydrogen-bond acceptors (Lipinski definition) is 1. The molecule has 2 saturated carbocycles. The zero-order chi connectivity index (χ0) is 11.3. The summed E-state index contributed by atoms with van der Waals surface area (Å²) in [6.07, 6.45) is 3.71. The van der Waals surface area contributed by atoms with Gasteiger partial charge in [0.2, 0.25) is 0 Å². The predicted molar refractivity (Wildman–Crippen MR) is 52.3 cm³/mol. The van der Waals surface area contributed by atoms with Gasteiger partial charge in [0, 0.05) is 5.92 Å². The quantitative estimate of drug-likeness (QED) is 0.674. The summed E-state index contributed by atoms with van der Waals surface area (Å²) in [6.45, 7) is 0. The highest BCUT2D eigenvalue weighted by Crippen LogP contribution is 2.58. The van der Waals surface area contributed by atoms with Crippen molar-refractivity contribution in [2.24, 2.45) is 17.8 Å². The van der Waals surface area contributed by atoms with Gasteiger partial charge in [-0.15, -0.1) is 0 Å². The molecule has 0 heterocycles. The van der Waals surface area contributed by atoms with Crippen molar-refractivity contribution >= 4 is 11.8 Å². The smallest absolute Gasteiger partial charge is 0.198 e. The van der Waals surface area contributed by atoms with Crippen molar-refractivity contribution in [2.45, 2.75) is 36.9 Å². The molecule has 0 N–H and O–H groups in total. The van der Waals surface area contributed by atoms with Crippen LogP contribution in [-0.4, -0.2) is 17.4 Å². The predicted octanol–water partition coefficient (Wildman–Crippen LogP) is 4.01. The van der Waals surface area contributed by atoms with Crippen LogP contribution in [0.3, 0.4) is 0 Å². The van der Waals surface area contributed by atoms with Crippen molar-refractivity contribution in [1.82, 2.24) is 0 Å². The zero-order valence-corrected chi connectivity index (χ0v) is 9.30. The minimum absolute atomic E-state index is 0.0351. The van der Waals surface area contributed by atoms with Crippen LogP contribution in [0.1, 0.15) is 25.7 Å². The Balaban J connectivity index is 2.16. The zero-order valence-electron chi connectivity index (χ0n) is 8.48. The van der Waals surface area contributed by atoms with Gasteiger partial charge in [-0.25, -0.2) is 0 Å². The maximum absolute atomic E-state index is 13.6. The summed E-state index contributed by atoms with van der Waals surface area (Å²) in [4.78, 5) is 0. The van der Waals surface area contributed by atoms with Crippen molar-refractivity contribution in [3.63, 3.8) is 0 Å². The lowest BCUT2D eigenvalue weighted by Crippen LogP contribution is -2.46. The molecule has 0 aliphatic heterocycles. The van der Waals surface area contributed by atoms with Crippen LogP contribution < -0.4 is 0 Å². The third-order valence-electron chi connectivity index (χ3n) is 3.85. The Morgan fingerprint density at radius 1 is 1.07 bits per heavy atom. The van der Waals surface area contributed by atoms with Gasteiger partial charge in [-0.3, -0.25) is 0 Å². The molecule has 3 unspecified atom stereocenters. The molecule has 0 aromatic heterocycles. The molecule has 2 aliphatic rings. The Bertz CT molecular complexity index is 254. The van der Waals surface area contributed by atoms with Crippen molar-refractivity contribution in [1.29, 1.82) is 0 Å². The van der Waals surface area contributed by atoms with E-state index in [0.717, 1.165) is 19.1 Å². The summed E-state index contributed by atoms with van der Waals surface area (Å²) in [5, 5.41) is -3.91. The molecular formula is C10H14F4S. The van der Waals surface area contributed by atoms with E-state index in [0.29, 0.717) is 6.42 Å². The molecule has 2 bridgehead atoms. The lowest BCUT2D eigenvalue weighted by molar-refractivity contribution is -0.195. The Labute approximate surface area is 90.8 Å². The standard InChI is InChI=1S/C10H14F4S/c1-15-10(13,14)9(11,12)8-5-6-2-3-7(8)4-6/h6-8H,2-5H2,1H3. The van der Waals surface area contributed by atoms with Crippen LogP contribution in [0.5, 0.6) is 0 Å². The van der Waals surface area contributed by atoms with E-state index in [4.69, 9.17) is 0 Å². The van der Waals surface area contributed by atoms with Crippen LogP contribution in [0.25, 0.3) is 0 Å². The largest absolute Gasteiger partial charge is 0.356 e. The van der Waals surface area contributed by atoms with Gasteiger partial charge in [-0.05, 0) is 37.4 Å². The molecule has 15 heavy (non-hydrogen) atoms. The number of alkyl halides is 4. The van der Waals surface area contributed by atoms with Crippen LogP contribution in [0.4, 0.5) is 17.6 Å². The summed E-state index contributed by atoms with van der Waals surface area (Å²) < 4.78 is 53.4. The molecule has 3 atom stereocenters. The molecule has 2 aliphatic carbocycles. The van der Waals surface area contributed by atoms with Gasteiger partial charge < -0.3 is 0 Å². The van der Waals surface area contributed by atoms with E-state index < -0.39 is 17.1 Å². The average Bonchev–Trinajstić information content (AvgIpc) is 2.78. The number of thioether (sulfide) groups is 1. The Kier molecular flexibility index (Phi) is 2.72. The number of hydrogen-bond donors (Lipinski definition) is 0. The molecule has 0 aromatic rings. The summed E-state index contributed by atoms with van der Waals surface area (Å²) in [6, 6.07) is 0. The Morgan fingerprint density at radius 2 is 1.73 bits per heavy atom. The molecule has 0 saturated heterocycles. The second kappa shape index (κ2) is 3.54. The highest BCUT2D eigenvalue weighted by molar-refractivity contribution is 7.99. The highest BCUT2D eigenvalue weighted by Gasteiger charge is 2.64. The minimum Gasteiger partial charge on any atom is -0.198 e. The van der Waals surface area contributed by atoms with Gasteiger partial charge in [0.25, 0.3) is 0 Å². The van der Waals surface area contributed by atoms with Gasteiger partial charge in [0.1, 0.15) is 0 Å². The average molecular weight is 242 g/mol. The molecule has 0 aromatic carbocycles. The number of fused-ring (bicyclic) bond motifs is 2. The van der Waals surface area contributed by atoms with Crippen LogP contribution in [0.2, 0.25) is 0 Å². The Morgan fingerprint density at radius 3 is 2.13 bits per heavy atom. The fourth-order valence-corrected chi connectivity index (χ4v) is 3.46. The maximum Gasteiger partial charge on any atom is 0.356 e. The van der Waals surface area contributed by atoms with E-state index in [1.807, 2.05) is 0 Å². The molecule has 2 rings (SSSR count). The first kappa shape index (κ1) is 11.6. The molecule has 0 nitrogen and oxygen atoms in total. The molecule has 0 amide bonds. The van der Waals surface area contributed by atoms with E-state index in [9.17, 15) is 17.6 Å². The van der Waals surface area contributed by atoms with Crippen molar-refractivity contribution < 1.29 is 17.6 Å². The molecule has 0 radical (unpaired) electrons. The second-order valence-corrected chi connectivity index (χ2v) is 5.55. The molecular weight excluding hydrogens is 228 g/mol. The van der Waals surface area contributed by atoms with Gasteiger partial charge in [0.05, 0.1) is 0 Å². The van der Waals surface area contributed by atoms with Gasteiger partial charge in [0.15, 0.2) is 0 Å². The molecule has 88 valence electrons. The summed E-state index contributed by atoms with van der Waals surface area (Å²) in [5.41, 5.74) is 0. The summed E-state index contributed by atoms with van der Waals surface area (Å²) >= 11 is -0.0351. The summed E-state index contributed by atoms with van der Waals surface area (Å²) in [5.74, 6) is -4.85. The van der Waals surface area contributed by atoms with E-state index >= 15 is 0 Å². The van der Waals surface area contributed by atoms with E-state index in [-0.39, 0.29) is 30.0 Å². The minimum atomic E-state index is -3.91. The lowest BCUT2D eigenvalue weighted by atomic mass is 9.84. The van der Waals surface area contributed by atoms with Gasteiger partial charge in [-0.1, -0.05) is 18.2 Å². The van der Waals surface area contributed by atoms with E-state index in [2.05, 4.69) is 0 Å². The first-order chi connectivity index (χ1) is 6.88. The third kappa shape index (κ3) is 1.67. The van der Waals surface area contributed by atoms with E-state index in [1.54, 1.807) is 0 Å². The fraction of sp³-hybridized carbons (Fsp3) is 1.00. The lowest BCUT2D eigenvalue weighted by Gasteiger charge is -2.34. The first-order valence-electron chi connectivity index (χ1n) is 5.19. The fourth-order valence-electron chi connectivity index (χ4n) is 3.04. The van der Waals surface area contributed by atoms with Gasteiger partial charge in [-0.2, -0.15) is 17.6 Å². The maximum atomic E-state index is 13.6. The van der Waals surface area contributed by atoms with Gasteiger partial charge >= 0.3 is 11.2 Å². The van der Waals surface area contributed by atoms with Crippen LogP contribution in [0.15, 0.2) is 0 Å². The Hall–Kier alpha value is 0.0700. The molecule has 5 heteroatoms. The summed E-state index contributed by atoms with van der Waals surface area (Å²) in [7, 11) is 0. The first-order valence-corrected chi connectivity index (χ1v) is 6.41. The third-order valence-corrected chi connectivity index (χ3v) is 4.63. The topological polar surface area (TPSA) is 0 Å².